The van der Waals surface area contributed by atoms with Crippen LogP contribution in [0, 0.1) is 0 Å². The van der Waals surface area contributed by atoms with E-state index in [9.17, 15) is 9.59 Å². The quantitative estimate of drug-likeness (QED) is 0.0757. The van der Waals surface area contributed by atoms with E-state index < -0.39 is 31.2 Å². The first-order valence-corrected chi connectivity index (χ1v) is 19.8. The number of nitrogens with two attached hydrogens (primary N) is 1. The van der Waals surface area contributed by atoms with Crippen LogP contribution in [0.4, 0.5) is 0 Å². The van der Waals surface area contributed by atoms with Crippen molar-refractivity contribution >= 4 is 37.1 Å². The molecule has 0 spiro atoms. The molecular formula is C19H44N3O5Si3+. The topological polar surface area (TPSA) is 99.9 Å². The Morgan fingerprint density at radius 1 is 1.03 bits per heavy atom. The van der Waals surface area contributed by atoms with Crippen LogP contribution in [-0.4, -0.2) is 75.0 Å². The van der Waals surface area contributed by atoms with Crippen molar-refractivity contribution in [2.45, 2.75) is 65.2 Å². The summed E-state index contributed by atoms with van der Waals surface area (Å²) in [6.07, 6.45) is 0.800. The van der Waals surface area contributed by atoms with Crippen LogP contribution in [0.2, 0.25) is 51.9 Å². The van der Waals surface area contributed by atoms with Crippen molar-refractivity contribution in [2.75, 3.05) is 33.3 Å². The molecule has 0 radical (unpaired) electrons. The van der Waals surface area contributed by atoms with Gasteiger partial charge in [0.25, 0.3) is 5.91 Å². The molecule has 8 nitrogen and oxygen atoms in total. The van der Waals surface area contributed by atoms with Gasteiger partial charge >= 0.3 is 14.5 Å². The minimum absolute atomic E-state index is 0.0563. The van der Waals surface area contributed by atoms with Crippen LogP contribution >= 0.6 is 0 Å². The summed E-state index contributed by atoms with van der Waals surface area (Å²) < 4.78 is 18.0. The summed E-state index contributed by atoms with van der Waals surface area (Å²) in [5.74, 6) is 5.55. The summed E-state index contributed by atoms with van der Waals surface area (Å²) in [7, 11) is -4.01. The molecule has 0 aromatic rings. The van der Waals surface area contributed by atoms with Crippen LogP contribution in [0.15, 0.2) is 12.2 Å². The molecule has 1 amide bonds. The van der Waals surface area contributed by atoms with Gasteiger partial charge in [-0.3, -0.25) is 4.79 Å². The lowest BCUT2D eigenvalue weighted by molar-refractivity contribution is -0.914. The zero-order valence-electron chi connectivity index (χ0n) is 20.5. The number of esters is 1. The van der Waals surface area contributed by atoms with E-state index in [-0.39, 0.29) is 23.7 Å². The highest BCUT2D eigenvalue weighted by Gasteiger charge is 2.39. The Bertz CT molecular complexity index is 585. The van der Waals surface area contributed by atoms with Crippen LogP contribution in [0.5, 0.6) is 0 Å². The van der Waals surface area contributed by atoms with Crippen LogP contribution in [0.1, 0.15) is 13.3 Å². The van der Waals surface area contributed by atoms with Crippen molar-refractivity contribution in [1.29, 1.82) is 0 Å². The molecule has 0 bridgehead atoms. The lowest BCUT2D eigenvalue weighted by atomic mass is 10.4. The standard InChI is InChI=1S/C19H43N3O5Si3/c1-17(2)19(24)25-14-13-22(3,20)16-18(23)21-12-11-15-30(10,26-28(4,5)6)27-29(7,8)9/h1,11-16,20H2,2-10H3/p+1. The lowest BCUT2D eigenvalue weighted by Gasteiger charge is -2.38. The largest absolute Gasteiger partial charge is 0.456 e. The third-order valence-corrected chi connectivity index (χ3v) is 13.5. The fourth-order valence-electron chi connectivity index (χ4n) is 2.99. The molecule has 0 heterocycles. The second-order valence-electron chi connectivity index (χ2n) is 10.3. The molecule has 0 saturated carbocycles. The van der Waals surface area contributed by atoms with E-state index in [1.807, 2.05) is 0 Å². The number of nitrogens with one attached hydrogen (secondary N) is 1. The van der Waals surface area contributed by atoms with E-state index in [1.54, 1.807) is 14.0 Å². The third-order valence-electron chi connectivity index (χ3n) is 3.86. The summed E-state index contributed by atoms with van der Waals surface area (Å²) in [4.78, 5) is 23.7. The Hall–Kier alpha value is -0.829. The van der Waals surface area contributed by atoms with Gasteiger partial charge in [0, 0.05) is 12.1 Å². The molecule has 11 heteroatoms. The Morgan fingerprint density at radius 2 is 1.53 bits per heavy atom. The van der Waals surface area contributed by atoms with E-state index in [0.717, 1.165) is 12.5 Å². The first kappa shape index (κ1) is 29.2. The second kappa shape index (κ2) is 11.7. The molecule has 0 fully saturated rings. The number of likely N-dealkylation sites (N-methyl/N-ethyl adjacent to an activating group) is 1. The molecule has 3 N–H and O–H groups in total. The molecule has 176 valence electrons. The first-order chi connectivity index (χ1) is 13.3. The van der Waals surface area contributed by atoms with Gasteiger partial charge in [-0.25, -0.2) is 9.39 Å². The first-order valence-electron chi connectivity index (χ1n) is 10.5. The maximum absolute atomic E-state index is 12.3. The zero-order chi connectivity index (χ0) is 23.8. The summed E-state index contributed by atoms with van der Waals surface area (Å²) in [6.45, 7) is 21.5. The number of hydrogen-bond acceptors (Lipinski definition) is 6. The third kappa shape index (κ3) is 15.0. The summed E-state index contributed by atoms with van der Waals surface area (Å²) >= 11 is 0. The number of carbonyl (C=O) groups is 2. The summed E-state index contributed by atoms with van der Waals surface area (Å²) in [6, 6.07) is 0.841. The molecule has 0 aromatic carbocycles. The highest BCUT2D eigenvalue weighted by atomic mass is 28.5. The van der Waals surface area contributed by atoms with Gasteiger partial charge in [0.15, 0.2) is 23.2 Å². The number of hydrogen-bond donors (Lipinski definition) is 2. The fourth-order valence-corrected chi connectivity index (χ4v) is 15.5. The van der Waals surface area contributed by atoms with Crippen molar-refractivity contribution < 1.29 is 27.1 Å². The summed E-state index contributed by atoms with van der Waals surface area (Å²) in [5.41, 5.74) is 0.339. The molecule has 1 unspecified atom stereocenters. The van der Waals surface area contributed by atoms with Gasteiger partial charge in [-0.2, -0.15) is 5.84 Å². The van der Waals surface area contributed by atoms with Crippen LogP contribution in [-0.2, 0) is 22.6 Å². The molecule has 0 aromatic heterocycles. The van der Waals surface area contributed by atoms with Crippen molar-refractivity contribution in [3.8, 4) is 0 Å². The Kier molecular flexibility index (Phi) is 11.4. The zero-order valence-corrected chi connectivity index (χ0v) is 23.5. The van der Waals surface area contributed by atoms with Crippen LogP contribution < -0.4 is 11.2 Å². The molecule has 0 aliphatic rings. The SMILES string of the molecule is C=C(C)C(=O)OCC[N+](C)(N)CC(=O)NCCC[Si](C)(O[Si](C)(C)C)O[Si](C)(C)C. The molecule has 0 aliphatic carbocycles. The van der Waals surface area contributed by atoms with E-state index in [1.165, 1.54) is 0 Å². The van der Waals surface area contributed by atoms with E-state index in [2.05, 4.69) is 57.7 Å². The monoisotopic (exact) mass is 478 g/mol. The molecule has 0 saturated heterocycles. The Labute approximate surface area is 186 Å². The predicted octanol–water partition coefficient (Wildman–Crippen LogP) is 2.71. The van der Waals surface area contributed by atoms with Gasteiger partial charge < -0.3 is 18.3 Å². The highest BCUT2D eigenvalue weighted by Crippen LogP contribution is 2.25. The number of ether oxygens (including phenoxy) is 1. The molecule has 0 aliphatic heterocycles. The van der Waals surface area contributed by atoms with Crippen molar-refractivity contribution in [2.24, 2.45) is 5.84 Å². The highest BCUT2D eigenvalue weighted by molar-refractivity contribution is 6.87. The number of quaternary nitrogens is 1. The lowest BCUT2D eigenvalue weighted by Crippen LogP contribution is -2.57. The minimum atomic E-state index is -2.29. The fraction of sp³-hybridized carbons (Fsp3) is 0.789. The summed E-state index contributed by atoms with van der Waals surface area (Å²) in [5, 5.41) is 2.93. The number of carbonyl (C=O) groups excluding carboxylic acids is 2. The van der Waals surface area contributed by atoms with Crippen molar-refractivity contribution in [3.05, 3.63) is 12.2 Å². The number of amides is 1. The maximum Gasteiger partial charge on any atom is 0.333 e. The predicted molar refractivity (Wildman–Crippen MR) is 129 cm³/mol. The van der Waals surface area contributed by atoms with Gasteiger partial charge in [0.1, 0.15) is 13.2 Å². The van der Waals surface area contributed by atoms with Gasteiger partial charge in [0.05, 0.1) is 7.05 Å². The maximum atomic E-state index is 12.3. The van der Waals surface area contributed by atoms with E-state index in [4.69, 9.17) is 18.8 Å². The average Bonchev–Trinajstić information content (AvgIpc) is 2.46. The van der Waals surface area contributed by atoms with Gasteiger partial charge in [-0.05, 0) is 65.2 Å². The van der Waals surface area contributed by atoms with Crippen molar-refractivity contribution in [1.82, 2.24) is 5.32 Å². The second-order valence-corrected chi connectivity index (χ2v) is 23.1. The Morgan fingerprint density at radius 3 is 1.97 bits per heavy atom. The number of nitrogens with zero attached hydrogens (tertiary/aromatic N) is 1. The normalized spacial score (nSPS) is 14.7. The van der Waals surface area contributed by atoms with Crippen molar-refractivity contribution in [3.63, 3.8) is 0 Å². The van der Waals surface area contributed by atoms with E-state index in [0.29, 0.717) is 18.7 Å². The van der Waals surface area contributed by atoms with Crippen LogP contribution in [0.25, 0.3) is 0 Å². The average molecular weight is 479 g/mol. The molecule has 0 rings (SSSR count). The van der Waals surface area contributed by atoms with E-state index >= 15 is 0 Å². The smallest absolute Gasteiger partial charge is 0.333 e. The van der Waals surface area contributed by atoms with Gasteiger partial charge in [-0.15, -0.1) is 0 Å². The molecule has 1 atom stereocenters. The molecule has 30 heavy (non-hydrogen) atoms. The van der Waals surface area contributed by atoms with Gasteiger partial charge in [-0.1, -0.05) is 6.58 Å². The van der Waals surface area contributed by atoms with Gasteiger partial charge in [0.2, 0.25) is 0 Å². The molecular weight excluding hydrogens is 434 g/mol. The Balaban J connectivity index is 4.48. The van der Waals surface area contributed by atoms with Crippen LogP contribution in [0.3, 0.4) is 0 Å². The number of rotatable bonds is 14. The minimum Gasteiger partial charge on any atom is -0.456 e.